The van der Waals surface area contributed by atoms with Crippen LogP contribution >= 0.6 is 0 Å². The Morgan fingerprint density at radius 3 is 2.16 bits per heavy atom. The lowest BCUT2D eigenvalue weighted by molar-refractivity contribution is -0.139. The van der Waals surface area contributed by atoms with Gasteiger partial charge in [0.2, 0.25) is 0 Å². The molecule has 1 aliphatic heterocycles. The van der Waals surface area contributed by atoms with Gasteiger partial charge in [-0.2, -0.15) is 0 Å². The average Bonchev–Trinajstić information content (AvgIpc) is 2.91. The first-order valence-electron chi connectivity index (χ1n) is 9.83. The van der Waals surface area contributed by atoms with E-state index in [2.05, 4.69) is 5.32 Å². The Bertz CT molecular complexity index is 978. The minimum Gasteiger partial charge on any atom is -0.480 e. The standard InChI is InChI=1S/C22H24BF2NO5/c1-21(2)22(3,4)31-23(30-21)14-10-8-13(9-11-14)12-17(20(28)29)26-19(27)15-6-5-7-16(24)18(15)25/h5-11,17H,12H2,1-4H3,(H,26,27)(H,28,29)/t17-/m0/s1. The van der Waals surface area contributed by atoms with Crippen molar-refractivity contribution in [3.8, 4) is 0 Å². The normalized spacial score (nSPS) is 17.9. The molecular formula is C22H24BF2NO5. The third kappa shape index (κ3) is 4.78. The lowest BCUT2D eigenvalue weighted by atomic mass is 9.78. The monoisotopic (exact) mass is 431 g/mol. The number of aliphatic carboxylic acids is 1. The minimum atomic E-state index is -1.32. The van der Waals surface area contributed by atoms with Gasteiger partial charge in [0.05, 0.1) is 16.8 Å². The van der Waals surface area contributed by atoms with Crippen molar-refractivity contribution in [2.45, 2.75) is 51.4 Å². The molecule has 6 nitrogen and oxygen atoms in total. The van der Waals surface area contributed by atoms with Gasteiger partial charge in [-0.05, 0) is 50.9 Å². The van der Waals surface area contributed by atoms with Gasteiger partial charge in [-0.25, -0.2) is 13.6 Å². The van der Waals surface area contributed by atoms with Crippen LogP contribution in [0.4, 0.5) is 8.78 Å². The number of amides is 1. The Kier molecular flexibility index (Phi) is 6.20. The molecule has 2 N–H and O–H groups in total. The molecule has 3 rings (SSSR count). The van der Waals surface area contributed by atoms with Crippen LogP contribution in [-0.2, 0) is 20.5 Å². The smallest absolute Gasteiger partial charge is 0.480 e. The van der Waals surface area contributed by atoms with Crippen molar-refractivity contribution in [3.05, 3.63) is 65.2 Å². The molecule has 2 aromatic carbocycles. The van der Waals surface area contributed by atoms with Crippen LogP contribution in [0.25, 0.3) is 0 Å². The lowest BCUT2D eigenvalue weighted by Crippen LogP contribution is -2.42. The molecule has 9 heteroatoms. The van der Waals surface area contributed by atoms with Gasteiger partial charge in [0.15, 0.2) is 11.6 Å². The number of benzene rings is 2. The molecule has 1 saturated heterocycles. The van der Waals surface area contributed by atoms with Crippen LogP contribution in [0.2, 0.25) is 0 Å². The van der Waals surface area contributed by atoms with Gasteiger partial charge in [0, 0.05) is 6.42 Å². The fourth-order valence-electron chi connectivity index (χ4n) is 3.14. The summed E-state index contributed by atoms with van der Waals surface area (Å²) in [6, 6.07) is 8.79. The zero-order chi connectivity index (χ0) is 23.0. The van der Waals surface area contributed by atoms with Gasteiger partial charge in [0.25, 0.3) is 5.91 Å². The van der Waals surface area contributed by atoms with Crippen LogP contribution in [0.5, 0.6) is 0 Å². The second-order valence-corrected chi connectivity index (χ2v) is 8.50. The van der Waals surface area contributed by atoms with Crippen LogP contribution < -0.4 is 10.8 Å². The molecule has 2 aromatic rings. The summed E-state index contributed by atoms with van der Waals surface area (Å²) >= 11 is 0. The van der Waals surface area contributed by atoms with E-state index in [4.69, 9.17) is 9.31 Å². The Labute approximate surface area is 179 Å². The van der Waals surface area contributed by atoms with E-state index in [1.807, 2.05) is 27.7 Å². The second kappa shape index (κ2) is 8.40. The highest BCUT2D eigenvalue weighted by atomic mass is 19.2. The minimum absolute atomic E-state index is 0.0400. The molecule has 1 amide bonds. The van der Waals surface area contributed by atoms with E-state index in [1.54, 1.807) is 24.3 Å². The van der Waals surface area contributed by atoms with Crippen LogP contribution in [0.15, 0.2) is 42.5 Å². The number of carbonyl (C=O) groups is 2. The summed E-state index contributed by atoms with van der Waals surface area (Å²) in [5.74, 6) is -4.80. The van der Waals surface area contributed by atoms with Crippen molar-refractivity contribution in [1.82, 2.24) is 5.32 Å². The molecule has 0 aromatic heterocycles. The summed E-state index contributed by atoms with van der Waals surface area (Å²) in [7, 11) is -0.551. The SMILES string of the molecule is CC1(C)OB(c2ccc(C[C@H](NC(=O)c3cccc(F)c3F)C(=O)O)cc2)OC1(C)C. The van der Waals surface area contributed by atoms with E-state index in [1.165, 1.54) is 6.07 Å². The molecular weight excluding hydrogens is 407 g/mol. The highest BCUT2D eigenvalue weighted by Gasteiger charge is 2.51. The van der Waals surface area contributed by atoms with Crippen LogP contribution in [0.3, 0.4) is 0 Å². The zero-order valence-corrected chi connectivity index (χ0v) is 17.7. The highest BCUT2D eigenvalue weighted by molar-refractivity contribution is 6.62. The molecule has 1 atom stereocenters. The molecule has 0 aliphatic carbocycles. The summed E-state index contributed by atoms with van der Waals surface area (Å²) < 4.78 is 39.2. The first-order valence-corrected chi connectivity index (χ1v) is 9.83. The Morgan fingerprint density at radius 1 is 1.03 bits per heavy atom. The van der Waals surface area contributed by atoms with E-state index >= 15 is 0 Å². The van der Waals surface area contributed by atoms with Crippen molar-refractivity contribution in [2.24, 2.45) is 0 Å². The van der Waals surface area contributed by atoms with Gasteiger partial charge in [-0.15, -0.1) is 0 Å². The van der Waals surface area contributed by atoms with Crippen molar-refractivity contribution >= 4 is 24.5 Å². The van der Waals surface area contributed by atoms with E-state index in [9.17, 15) is 23.5 Å². The molecule has 1 fully saturated rings. The van der Waals surface area contributed by atoms with Crippen LogP contribution in [-0.4, -0.2) is 41.3 Å². The third-order valence-corrected chi connectivity index (χ3v) is 5.74. The first kappa shape index (κ1) is 22.9. The molecule has 0 spiro atoms. The zero-order valence-electron chi connectivity index (χ0n) is 17.7. The van der Waals surface area contributed by atoms with Gasteiger partial charge >= 0.3 is 13.1 Å². The fraction of sp³-hybridized carbons (Fsp3) is 0.364. The molecule has 0 bridgehead atoms. The average molecular weight is 431 g/mol. The third-order valence-electron chi connectivity index (χ3n) is 5.74. The summed E-state index contributed by atoms with van der Waals surface area (Å²) in [6.07, 6.45) is -0.0400. The summed E-state index contributed by atoms with van der Waals surface area (Å²) in [5, 5.41) is 11.7. The molecule has 0 unspecified atom stereocenters. The fourth-order valence-corrected chi connectivity index (χ4v) is 3.14. The summed E-state index contributed by atoms with van der Waals surface area (Å²) in [5.41, 5.74) is -0.113. The van der Waals surface area contributed by atoms with Gasteiger partial charge in [-0.1, -0.05) is 30.3 Å². The van der Waals surface area contributed by atoms with E-state index < -0.39 is 53.4 Å². The van der Waals surface area contributed by atoms with Gasteiger partial charge in [-0.3, -0.25) is 4.79 Å². The van der Waals surface area contributed by atoms with Crippen molar-refractivity contribution in [2.75, 3.05) is 0 Å². The molecule has 1 aliphatic rings. The number of carbonyl (C=O) groups excluding carboxylic acids is 1. The van der Waals surface area contributed by atoms with E-state index in [-0.39, 0.29) is 6.42 Å². The molecule has 164 valence electrons. The van der Waals surface area contributed by atoms with Crippen LogP contribution in [0, 0.1) is 11.6 Å². The van der Waals surface area contributed by atoms with Crippen molar-refractivity contribution < 1.29 is 32.8 Å². The Balaban J connectivity index is 1.70. The largest absolute Gasteiger partial charge is 0.494 e. The van der Waals surface area contributed by atoms with Gasteiger partial charge < -0.3 is 19.7 Å². The Hall–Kier alpha value is -2.78. The highest BCUT2D eigenvalue weighted by Crippen LogP contribution is 2.36. The van der Waals surface area contributed by atoms with Crippen LogP contribution in [0.1, 0.15) is 43.6 Å². The molecule has 1 heterocycles. The number of carboxylic acids is 1. The van der Waals surface area contributed by atoms with Crippen molar-refractivity contribution in [3.63, 3.8) is 0 Å². The number of halogens is 2. The van der Waals surface area contributed by atoms with Gasteiger partial charge in [0.1, 0.15) is 6.04 Å². The topological polar surface area (TPSA) is 84.9 Å². The maximum atomic E-state index is 13.8. The Morgan fingerprint density at radius 2 is 1.61 bits per heavy atom. The maximum absolute atomic E-state index is 13.8. The maximum Gasteiger partial charge on any atom is 0.494 e. The van der Waals surface area contributed by atoms with E-state index in [0.29, 0.717) is 5.56 Å². The van der Waals surface area contributed by atoms with E-state index in [0.717, 1.165) is 17.6 Å². The second-order valence-electron chi connectivity index (χ2n) is 8.50. The predicted octanol–water partition coefficient (Wildman–Crippen LogP) is 2.69. The molecule has 31 heavy (non-hydrogen) atoms. The summed E-state index contributed by atoms with van der Waals surface area (Å²) in [6.45, 7) is 7.79. The summed E-state index contributed by atoms with van der Waals surface area (Å²) in [4.78, 5) is 23.9. The number of carboxylic acid groups (broad SMARTS) is 1. The predicted molar refractivity (Wildman–Crippen MR) is 111 cm³/mol. The molecule has 0 saturated carbocycles. The quantitative estimate of drug-likeness (QED) is 0.688. The lowest BCUT2D eigenvalue weighted by Gasteiger charge is -2.32. The number of nitrogens with one attached hydrogen (secondary N) is 1. The number of rotatable bonds is 6. The number of hydrogen-bond donors (Lipinski definition) is 2. The first-order chi connectivity index (χ1) is 14.4. The van der Waals surface area contributed by atoms with Crippen molar-refractivity contribution in [1.29, 1.82) is 0 Å². The molecule has 0 radical (unpaired) electrons. The number of hydrogen-bond acceptors (Lipinski definition) is 4.